The first-order valence-electron chi connectivity index (χ1n) is 4.74. The second kappa shape index (κ2) is 8.49. The molecule has 6 nitrogen and oxygen atoms in total. The van der Waals surface area contributed by atoms with Gasteiger partial charge in [0.1, 0.15) is 5.78 Å². The summed E-state index contributed by atoms with van der Waals surface area (Å²) in [5.74, 6) is 0.337. The molecule has 0 saturated carbocycles. The first-order chi connectivity index (χ1) is 7.07. The molecule has 0 bridgehead atoms. The van der Waals surface area contributed by atoms with Crippen LogP contribution in [0.4, 0.5) is 0 Å². The normalized spacial score (nSPS) is 12.1. The van der Waals surface area contributed by atoms with Gasteiger partial charge in [0.05, 0.1) is 12.6 Å². The molecule has 0 fully saturated rings. The minimum atomic E-state index is -0.817. The molecule has 0 aromatic heterocycles. The van der Waals surface area contributed by atoms with E-state index in [1.54, 1.807) is 0 Å². The molecular weight excluding hydrogens is 220 g/mol. The first kappa shape index (κ1) is 14.2. The molecule has 0 radical (unpaired) electrons. The molecule has 0 aromatic carbocycles. The summed E-state index contributed by atoms with van der Waals surface area (Å²) in [6.07, 6.45) is 2.38. The van der Waals surface area contributed by atoms with E-state index in [2.05, 4.69) is 17.5 Å². The van der Waals surface area contributed by atoms with Gasteiger partial charge in [-0.1, -0.05) is 6.42 Å². The number of Topliss-reactive ketones (excluding diaryl/α,β-unsaturated/α-hetero) is 1. The number of nitrogens with two attached hydrogens (primary N) is 1. The molecule has 88 valence electrons. The first-order valence-corrected chi connectivity index (χ1v) is 5.37. The summed E-state index contributed by atoms with van der Waals surface area (Å²) in [7, 11) is 0. The van der Waals surface area contributed by atoms with Crippen LogP contribution in [0.1, 0.15) is 25.7 Å². The molecule has 0 saturated heterocycles. The summed E-state index contributed by atoms with van der Waals surface area (Å²) < 4.78 is 0. The fourth-order valence-corrected chi connectivity index (χ4v) is 1.21. The van der Waals surface area contributed by atoms with Crippen LogP contribution in [0.3, 0.4) is 0 Å². The lowest BCUT2D eigenvalue weighted by Crippen LogP contribution is -2.31. The van der Waals surface area contributed by atoms with Crippen LogP contribution >= 0.6 is 12.6 Å². The van der Waals surface area contributed by atoms with Gasteiger partial charge in [-0.05, 0) is 12.8 Å². The summed E-state index contributed by atoms with van der Waals surface area (Å²) in [5, 5.41) is 8.96. The Balaban J connectivity index is 3.31. The maximum atomic E-state index is 11.2. The van der Waals surface area contributed by atoms with E-state index >= 15 is 0 Å². The predicted octanol–water partition coefficient (Wildman–Crippen LogP) is 0.581. The maximum Gasteiger partial charge on any atom is 0.294 e. The van der Waals surface area contributed by atoms with E-state index in [-0.39, 0.29) is 12.4 Å². The molecule has 0 amide bonds. The van der Waals surface area contributed by atoms with Crippen molar-refractivity contribution in [1.82, 2.24) is 0 Å². The van der Waals surface area contributed by atoms with E-state index in [4.69, 9.17) is 5.73 Å². The van der Waals surface area contributed by atoms with Crippen LogP contribution < -0.4 is 5.73 Å². The number of ketones is 1. The van der Waals surface area contributed by atoms with E-state index in [1.807, 2.05) is 0 Å². The standard InChI is InChI=1S/C8H16N2O4S/c9-7(6-15)8(11)4-2-1-3-5-14-10(12)13/h7,15H,1-6,9H2. The van der Waals surface area contributed by atoms with Gasteiger partial charge in [0.25, 0.3) is 5.09 Å². The molecule has 0 heterocycles. The van der Waals surface area contributed by atoms with Gasteiger partial charge >= 0.3 is 0 Å². The van der Waals surface area contributed by atoms with Gasteiger partial charge in [0.2, 0.25) is 0 Å². The fraction of sp³-hybridized carbons (Fsp3) is 0.875. The molecular formula is C8H16N2O4S. The van der Waals surface area contributed by atoms with E-state index in [0.717, 1.165) is 6.42 Å². The van der Waals surface area contributed by atoms with Crippen LogP contribution in [-0.4, -0.2) is 29.3 Å². The number of thiol groups is 1. The van der Waals surface area contributed by atoms with Gasteiger partial charge in [0, 0.05) is 12.2 Å². The van der Waals surface area contributed by atoms with Gasteiger partial charge < -0.3 is 10.6 Å². The second-order valence-electron chi connectivity index (χ2n) is 3.12. The van der Waals surface area contributed by atoms with E-state index in [0.29, 0.717) is 25.0 Å². The summed E-state index contributed by atoms with van der Waals surface area (Å²) in [6.45, 7) is 0.0831. The minimum absolute atomic E-state index is 0.0137. The lowest BCUT2D eigenvalue weighted by Gasteiger charge is -2.06. The number of nitrogens with zero attached hydrogens (tertiary/aromatic N) is 1. The highest BCUT2D eigenvalue weighted by atomic mass is 32.1. The zero-order valence-corrected chi connectivity index (χ0v) is 9.32. The van der Waals surface area contributed by atoms with Crippen LogP contribution in [0.25, 0.3) is 0 Å². The van der Waals surface area contributed by atoms with Gasteiger partial charge in [-0.2, -0.15) is 12.6 Å². The Hall–Kier alpha value is -0.820. The zero-order valence-electron chi connectivity index (χ0n) is 8.42. The Labute approximate surface area is 93.7 Å². The molecule has 0 spiro atoms. The average molecular weight is 236 g/mol. The number of rotatable bonds is 9. The Morgan fingerprint density at radius 3 is 2.67 bits per heavy atom. The van der Waals surface area contributed by atoms with Crippen molar-refractivity contribution in [2.45, 2.75) is 31.7 Å². The zero-order chi connectivity index (χ0) is 11.7. The van der Waals surface area contributed by atoms with Gasteiger partial charge in [0.15, 0.2) is 0 Å². The predicted molar refractivity (Wildman–Crippen MR) is 58.2 cm³/mol. The Morgan fingerprint density at radius 1 is 1.47 bits per heavy atom. The van der Waals surface area contributed by atoms with Gasteiger partial charge in [-0.25, -0.2) is 0 Å². The summed E-state index contributed by atoms with van der Waals surface area (Å²) >= 11 is 3.92. The van der Waals surface area contributed by atoms with Crippen molar-refractivity contribution in [3.05, 3.63) is 10.1 Å². The molecule has 0 aliphatic heterocycles. The highest BCUT2D eigenvalue weighted by Gasteiger charge is 2.10. The maximum absolute atomic E-state index is 11.2. The van der Waals surface area contributed by atoms with Crippen LogP contribution in [-0.2, 0) is 9.63 Å². The van der Waals surface area contributed by atoms with Crippen molar-refractivity contribution in [3.8, 4) is 0 Å². The highest BCUT2D eigenvalue weighted by molar-refractivity contribution is 7.80. The second-order valence-corrected chi connectivity index (χ2v) is 3.49. The Morgan fingerprint density at radius 2 is 2.13 bits per heavy atom. The molecule has 15 heavy (non-hydrogen) atoms. The molecule has 0 aliphatic rings. The van der Waals surface area contributed by atoms with Crippen molar-refractivity contribution in [3.63, 3.8) is 0 Å². The molecule has 1 atom stereocenters. The van der Waals surface area contributed by atoms with Crippen molar-refractivity contribution < 1.29 is 14.7 Å². The van der Waals surface area contributed by atoms with Gasteiger partial charge in [-0.15, -0.1) is 10.1 Å². The van der Waals surface area contributed by atoms with Crippen LogP contribution in [0, 0.1) is 10.1 Å². The number of hydrogen-bond donors (Lipinski definition) is 2. The van der Waals surface area contributed by atoms with E-state index in [9.17, 15) is 14.9 Å². The van der Waals surface area contributed by atoms with E-state index in [1.165, 1.54) is 0 Å². The van der Waals surface area contributed by atoms with Crippen molar-refractivity contribution in [2.24, 2.45) is 5.73 Å². The molecule has 7 heteroatoms. The third-order valence-electron chi connectivity index (χ3n) is 1.87. The van der Waals surface area contributed by atoms with Crippen LogP contribution in [0.5, 0.6) is 0 Å². The molecule has 0 aliphatic carbocycles. The SMILES string of the molecule is NC(CS)C(=O)CCCCCO[N+](=O)[O-]. The van der Waals surface area contributed by atoms with Crippen LogP contribution in [0.15, 0.2) is 0 Å². The minimum Gasteiger partial charge on any atom is -0.321 e. The highest BCUT2D eigenvalue weighted by Crippen LogP contribution is 2.03. The lowest BCUT2D eigenvalue weighted by molar-refractivity contribution is -0.757. The molecule has 0 aromatic rings. The fourth-order valence-electron chi connectivity index (χ4n) is 1.00. The summed E-state index contributed by atoms with van der Waals surface area (Å²) in [6, 6.07) is -0.497. The third-order valence-corrected chi connectivity index (χ3v) is 2.27. The molecule has 0 rings (SSSR count). The van der Waals surface area contributed by atoms with Crippen LogP contribution in [0.2, 0.25) is 0 Å². The third kappa shape index (κ3) is 8.19. The Bertz CT molecular complexity index is 213. The molecule has 2 N–H and O–H groups in total. The topological polar surface area (TPSA) is 95.5 Å². The number of unbranched alkanes of at least 4 members (excludes halogenated alkanes) is 2. The smallest absolute Gasteiger partial charge is 0.294 e. The largest absolute Gasteiger partial charge is 0.321 e. The van der Waals surface area contributed by atoms with E-state index < -0.39 is 11.1 Å². The number of carbonyl (C=O) groups excluding carboxylic acids is 1. The lowest BCUT2D eigenvalue weighted by atomic mass is 10.1. The Kier molecular flexibility index (Phi) is 8.02. The number of hydrogen-bond acceptors (Lipinski definition) is 6. The van der Waals surface area contributed by atoms with Gasteiger partial charge in [-0.3, -0.25) is 4.79 Å². The van der Waals surface area contributed by atoms with Crippen molar-refractivity contribution in [1.29, 1.82) is 0 Å². The van der Waals surface area contributed by atoms with Crippen molar-refractivity contribution in [2.75, 3.05) is 12.4 Å². The summed E-state index contributed by atoms with van der Waals surface area (Å²) in [5.41, 5.74) is 5.46. The molecule has 1 unspecified atom stereocenters. The van der Waals surface area contributed by atoms with Crippen molar-refractivity contribution >= 4 is 18.4 Å². The average Bonchev–Trinajstić information content (AvgIpc) is 2.21. The number of carbonyl (C=O) groups is 1. The summed E-state index contributed by atoms with van der Waals surface area (Å²) in [4.78, 5) is 25.1. The quantitative estimate of drug-likeness (QED) is 0.264. The monoisotopic (exact) mass is 236 g/mol.